The minimum absolute atomic E-state index is 0.407. The molecule has 21 heavy (non-hydrogen) atoms. The van der Waals surface area contributed by atoms with Gasteiger partial charge < -0.3 is 5.32 Å². The van der Waals surface area contributed by atoms with Gasteiger partial charge in [-0.15, -0.1) is 0 Å². The Hall–Kier alpha value is -1.50. The van der Waals surface area contributed by atoms with Crippen LogP contribution in [0.25, 0.3) is 5.69 Å². The number of hydrogen-bond donors (Lipinski definition) is 1. The molecule has 1 aromatic heterocycles. The third-order valence-electron chi connectivity index (χ3n) is 2.89. The molecule has 0 spiro atoms. The van der Waals surface area contributed by atoms with Gasteiger partial charge in [-0.05, 0) is 47.5 Å². The van der Waals surface area contributed by atoms with E-state index >= 15 is 0 Å². The minimum atomic E-state index is -4.37. The molecule has 0 aliphatic heterocycles. The lowest BCUT2D eigenvalue weighted by Gasteiger charge is -2.14. The highest BCUT2D eigenvalue weighted by molar-refractivity contribution is 9.10. The lowest BCUT2D eigenvalue weighted by atomic mass is 10.2. The van der Waals surface area contributed by atoms with E-state index in [0.717, 1.165) is 24.2 Å². The fourth-order valence-corrected chi connectivity index (χ4v) is 2.35. The largest absolute Gasteiger partial charge is 0.416 e. The van der Waals surface area contributed by atoms with Crippen molar-refractivity contribution in [1.29, 1.82) is 0 Å². The lowest BCUT2D eigenvalue weighted by molar-refractivity contribution is -0.137. The van der Waals surface area contributed by atoms with E-state index in [1.54, 1.807) is 17.7 Å². The van der Waals surface area contributed by atoms with Gasteiger partial charge in [-0.2, -0.15) is 13.2 Å². The van der Waals surface area contributed by atoms with E-state index in [1.807, 2.05) is 6.92 Å². The number of nitrogens with one attached hydrogen (secondary N) is 1. The maximum absolute atomic E-state index is 12.9. The molecule has 0 radical (unpaired) electrons. The number of halogens is 4. The number of aryl methyl sites for hydroxylation is 1. The number of alkyl halides is 3. The van der Waals surface area contributed by atoms with Crippen LogP contribution in [0.5, 0.6) is 0 Å². The molecule has 2 aromatic rings. The van der Waals surface area contributed by atoms with Gasteiger partial charge in [0.15, 0.2) is 0 Å². The number of anilines is 1. The molecule has 0 aliphatic rings. The zero-order valence-electron chi connectivity index (χ0n) is 11.6. The summed E-state index contributed by atoms with van der Waals surface area (Å²) in [6.07, 6.45) is -1.77. The van der Waals surface area contributed by atoms with Crippen molar-refractivity contribution < 1.29 is 13.2 Å². The van der Waals surface area contributed by atoms with Crippen molar-refractivity contribution in [3.63, 3.8) is 0 Å². The lowest BCUT2D eigenvalue weighted by Crippen LogP contribution is -2.09. The minimum Gasteiger partial charge on any atom is -0.355 e. The predicted octanol–water partition coefficient (Wildman–Crippen LogP) is 4.78. The quantitative estimate of drug-likeness (QED) is 0.848. The van der Waals surface area contributed by atoms with Gasteiger partial charge in [0.05, 0.1) is 16.9 Å². The SMILES string of the molecule is CCCNc1nc(C)cn1-c1cc(C(F)(F)F)ccc1Br. The highest BCUT2D eigenvalue weighted by Gasteiger charge is 2.31. The van der Waals surface area contributed by atoms with E-state index in [2.05, 4.69) is 26.2 Å². The summed E-state index contributed by atoms with van der Waals surface area (Å²) >= 11 is 3.30. The van der Waals surface area contributed by atoms with Crippen molar-refractivity contribution in [2.45, 2.75) is 26.4 Å². The third kappa shape index (κ3) is 3.58. The summed E-state index contributed by atoms with van der Waals surface area (Å²) in [4.78, 5) is 4.31. The normalized spacial score (nSPS) is 11.7. The zero-order chi connectivity index (χ0) is 15.6. The fourth-order valence-electron chi connectivity index (χ4n) is 1.92. The van der Waals surface area contributed by atoms with Gasteiger partial charge in [-0.25, -0.2) is 4.98 Å². The monoisotopic (exact) mass is 361 g/mol. The summed E-state index contributed by atoms with van der Waals surface area (Å²) < 4.78 is 40.8. The maximum atomic E-state index is 12.9. The van der Waals surface area contributed by atoms with Crippen LogP contribution < -0.4 is 5.32 Å². The van der Waals surface area contributed by atoms with Crippen LogP contribution in [0.3, 0.4) is 0 Å². The van der Waals surface area contributed by atoms with Gasteiger partial charge in [0.1, 0.15) is 0 Å². The number of rotatable bonds is 4. The Morgan fingerprint density at radius 1 is 1.33 bits per heavy atom. The summed E-state index contributed by atoms with van der Waals surface area (Å²) in [5.41, 5.74) is 0.454. The zero-order valence-corrected chi connectivity index (χ0v) is 13.2. The highest BCUT2D eigenvalue weighted by Crippen LogP contribution is 2.34. The van der Waals surface area contributed by atoms with E-state index in [0.29, 0.717) is 22.7 Å². The Morgan fingerprint density at radius 3 is 2.67 bits per heavy atom. The fraction of sp³-hybridized carbons (Fsp3) is 0.357. The van der Waals surface area contributed by atoms with Gasteiger partial charge >= 0.3 is 6.18 Å². The second-order valence-electron chi connectivity index (χ2n) is 4.67. The van der Waals surface area contributed by atoms with E-state index in [4.69, 9.17) is 0 Å². The van der Waals surface area contributed by atoms with Crippen LogP contribution in [-0.4, -0.2) is 16.1 Å². The average Bonchev–Trinajstić information content (AvgIpc) is 2.76. The predicted molar refractivity (Wildman–Crippen MR) is 79.8 cm³/mol. The summed E-state index contributed by atoms with van der Waals surface area (Å²) in [7, 11) is 0. The van der Waals surface area contributed by atoms with Crippen LogP contribution >= 0.6 is 15.9 Å². The summed E-state index contributed by atoms with van der Waals surface area (Å²) in [6, 6.07) is 3.57. The molecule has 0 bridgehead atoms. The van der Waals surface area contributed by atoms with Crippen LogP contribution in [-0.2, 0) is 6.18 Å². The van der Waals surface area contributed by atoms with Crippen LogP contribution in [0.2, 0.25) is 0 Å². The number of aromatic nitrogens is 2. The van der Waals surface area contributed by atoms with Crippen LogP contribution in [0.4, 0.5) is 19.1 Å². The molecule has 1 aromatic carbocycles. The molecular formula is C14H15BrF3N3. The number of nitrogens with zero attached hydrogens (tertiary/aromatic N) is 2. The second-order valence-corrected chi connectivity index (χ2v) is 5.52. The Kier molecular flexibility index (Phi) is 4.61. The van der Waals surface area contributed by atoms with Crippen LogP contribution in [0.1, 0.15) is 24.6 Å². The van der Waals surface area contributed by atoms with Crippen molar-refractivity contribution in [1.82, 2.24) is 9.55 Å². The molecule has 1 N–H and O–H groups in total. The Labute approximate surface area is 129 Å². The first-order valence-electron chi connectivity index (χ1n) is 6.50. The van der Waals surface area contributed by atoms with E-state index in [-0.39, 0.29) is 0 Å². The van der Waals surface area contributed by atoms with Gasteiger partial charge in [0.2, 0.25) is 5.95 Å². The van der Waals surface area contributed by atoms with Crippen molar-refractivity contribution in [3.05, 3.63) is 40.1 Å². The standard InChI is InChI=1S/C14H15BrF3N3/c1-3-6-19-13-20-9(2)8-21(13)12-7-10(14(16,17)18)4-5-11(12)15/h4-5,7-8H,3,6H2,1-2H3,(H,19,20). The molecule has 0 saturated heterocycles. The average molecular weight is 362 g/mol. The molecule has 2 rings (SSSR count). The van der Waals surface area contributed by atoms with Crippen molar-refractivity contribution in [2.75, 3.05) is 11.9 Å². The summed E-state index contributed by atoms with van der Waals surface area (Å²) in [6.45, 7) is 4.51. The van der Waals surface area contributed by atoms with E-state index in [1.165, 1.54) is 6.07 Å². The maximum Gasteiger partial charge on any atom is 0.416 e. The van der Waals surface area contributed by atoms with Gasteiger partial charge in [0.25, 0.3) is 0 Å². The Balaban J connectivity index is 2.50. The molecule has 3 nitrogen and oxygen atoms in total. The van der Waals surface area contributed by atoms with Crippen LogP contribution in [0, 0.1) is 6.92 Å². The Bertz CT molecular complexity index is 635. The smallest absolute Gasteiger partial charge is 0.355 e. The molecule has 0 atom stereocenters. The summed E-state index contributed by atoms with van der Waals surface area (Å²) in [5, 5.41) is 3.12. The highest BCUT2D eigenvalue weighted by atomic mass is 79.9. The van der Waals surface area contributed by atoms with E-state index in [9.17, 15) is 13.2 Å². The van der Waals surface area contributed by atoms with Crippen molar-refractivity contribution in [2.24, 2.45) is 0 Å². The molecule has 0 saturated carbocycles. The Morgan fingerprint density at radius 2 is 2.05 bits per heavy atom. The molecule has 0 unspecified atom stereocenters. The first-order chi connectivity index (χ1) is 9.82. The molecular weight excluding hydrogens is 347 g/mol. The van der Waals surface area contributed by atoms with E-state index < -0.39 is 11.7 Å². The summed E-state index contributed by atoms with van der Waals surface area (Å²) in [5.74, 6) is 0.536. The first-order valence-corrected chi connectivity index (χ1v) is 7.29. The van der Waals surface area contributed by atoms with Gasteiger partial charge in [0, 0.05) is 17.2 Å². The van der Waals surface area contributed by atoms with Gasteiger partial charge in [-0.3, -0.25) is 4.57 Å². The molecule has 0 amide bonds. The topological polar surface area (TPSA) is 29.9 Å². The molecule has 0 fully saturated rings. The third-order valence-corrected chi connectivity index (χ3v) is 3.56. The van der Waals surface area contributed by atoms with Crippen molar-refractivity contribution in [3.8, 4) is 5.69 Å². The number of benzene rings is 1. The molecule has 114 valence electrons. The molecule has 7 heteroatoms. The first kappa shape index (κ1) is 15.9. The van der Waals surface area contributed by atoms with Crippen molar-refractivity contribution >= 4 is 21.9 Å². The second kappa shape index (κ2) is 6.09. The number of imidazole rings is 1. The van der Waals surface area contributed by atoms with Gasteiger partial charge in [-0.1, -0.05) is 6.92 Å². The van der Waals surface area contributed by atoms with Crippen LogP contribution in [0.15, 0.2) is 28.9 Å². The molecule has 1 heterocycles. The number of hydrogen-bond acceptors (Lipinski definition) is 2. The molecule has 0 aliphatic carbocycles.